The number of phenols is 2. The monoisotopic (exact) mass is 330 g/mol. The van der Waals surface area contributed by atoms with E-state index >= 15 is 0 Å². The topological polar surface area (TPSA) is 85.2 Å². The van der Waals surface area contributed by atoms with Crippen LogP contribution >= 0.6 is 0 Å². The SMILES string of the molecule is COc1cc(O)c(C(=O)C=Cc2cccc(OC)c2O)c(OC)c1. The zero-order valence-electron chi connectivity index (χ0n) is 13.6. The van der Waals surface area contributed by atoms with Crippen molar-refractivity contribution in [2.75, 3.05) is 21.3 Å². The van der Waals surface area contributed by atoms with Gasteiger partial charge in [-0.05, 0) is 18.2 Å². The van der Waals surface area contributed by atoms with E-state index in [0.29, 0.717) is 17.1 Å². The van der Waals surface area contributed by atoms with Gasteiger partial charge in [0, 0.05) is 17.7 Å². The second-order valence-electron chi connectivity index (χ2n) is 4.82. The van der Waals surface area contributed by atoms with Gasteiger partial charge >= 0.3 is 0 Å². The number of carbonyl (C=O) groups excluding carboxylic acids is 1. The summed E-state index contributed by atoms with van der Waals surface area (Å²) in [6.45, 7) is 0. The Morgan fingerprint density at radius 1 is 1.00 bits per heavy atom. The van der Waals surface area contributed by atoms with Crippen LogP contribution in [0, 0.1) is 0 Å². The minimum Gasteiger partial charge on any atom is -0.507 e. The first-order valence-electron chi connectivity index (χ1n) is 7.05. The van der Waals surface area contributed by atoms with Crippen LogP contribution in [0.3, 0.4) is 0 Å². The van der Waals surface area contributed by atoms with Crippen molar-refractivity contribution in [3.8, 4) is 28.7 Å². The summed E-state index contributed by atoms with van der Waals surface area (Å²) < 4.78 is 15.2. The summed E-state index contributed by atoms with van der Waals surface area (Å²) in [5, 5.41) is 20.1. The number of ketones is 1. The Morgan fingerprint density at radius 3 is 2.33 bits per heavy atom. The fraction of sp³-hybridized carbons (Fsp3) is 0.167. The van der Waals surface area contributed by atoms with Crippen LogP contribution in [0.1, 0.15) is 15.9 Å². The Balaban J connectivity index is 2.37. The van der Waals surface area contributed by atoms with Crippen molar-refractivity contribution < 1.29 is 29.2 Å². The molecule has 0 aliphatic rings. The molecule has 6 heteroatoms. The van der Waals surface area contributed by atoms with Crippen molar-refractivity contribution in [3.63, 3.8) is 0 Å². The van der Waals surface area contributed by atoms with Crippen LogP contribution in [0.4, 0.5) is 0 Å². The molecule has 0 unspecified atom stereocenters. The number of hydrogen-bond acceptors (Lipinski definition) is 6. The Labute approximate surface area is 139 Å². The minimum absolute atomic E-state index is 0.0111. The van der Waals surface area contributed by atoms with Gasteiger partial charge in [-0.3, -0.25) is 4.79 Å². The molecule has 6 nitrogen and oxygen atoms in total. The number of rotatable bonds is 6. The molecule has 2 aromatic carbocycles. The van der Waals surface area contributed by atoms with Crippen LogP contribution in [0.2, 0.25) is 0 Å². The maximum absolute atomic E-state index is 12.4. The standard InChI is InChI=1S/C18H18O6/c1-22-12-9-14(20)17(16(10-12)24-3)13(19)8-7-11-5-4-6-15(23-2)18(11)21/h4-10,20-21H,1-3H3. The van der Waals surface area contributed by atoms with E-state index in [0.717, 1.165) is 0 Å². The lowest BCUT2D eigenvalue weighted by Crippen LogP contribution is -2.00. The van der Waals surface area contributed by atoms with Crippen LogP contribution in [-0.2, 0) is 0 Å². The van der Waals surface area contributed by atoms with Crippen LogP contribution < -0.4 is 14.2 Å². The van der Waals surface area contributed by atoms with Gasteiger partial charge in [0.1, 0.15) is 22.8 Å². The lowest BCUT2D eigenvalue weighted by atomic mass is 10.1. The van der Waals surface area contributed by atoms with E-state index in [2.05, 4.69) is 0 Å². The molecule has 126 valence electrons. The van der Waals surface area contributed by atoms with Crippen LogP contribution in [0.5, 0.6) is 28.7 Å². The van der Waals surface area contributed by atoms with E-state index < -0.39 is 5.78 Å². The van der Waals surface area contributed by atoms with E-state index in [9.17, 15) is 15.0 Å². The highest BCUT2D eigenvalue weighted by atomic mass is 16.5. The van der Waals surface area contributed by atoms with Crippen molar-refractivity contribution in [3.05, 3.63) is 47.5 Å². The number of para-hydroxylation sites is 1. The summed E-state index contributed by atoms with van der Waals surface area (Å²) >= 11 is 0. The first-order chi connectivity index (χ1) is 11.5. The summed E-state index contributed by atoms with van der Waals surface area (Å²) in [5.74, 6) is 0.0565. The zero-order chi connectivity index (χ0) is 17.7. The molecule has 0 aromatic heterocycles. The number of phenolic OH excluding ortho intramolecular Hbond substituents is 2. The number of hydrogen-bond donors (Lipinski definition) is 2. The van der Waals surface area contributed by atoms with Crippen molar-refractivity contribution in [1.29, 1.82) is 0 Å². The molecule has 0 amide bonds. The van der Waals surface area contributed by atoms with Crippen LogP contribution in [0.25, 0.3) is 6.08 Å². The lowest BCUT2D eigenvalue weighted by Gasteiger charge is -2.10. The maximum Gasteiger partial charge on any atom is 0.193 e. The minimum atomic E-state index is -0.478. The fourth-order valence-electron chi connectivity index (χ4n) is 2.19. The van der Waals surface area contributed by atoms with Crippen molar-refractivity contribution in [2.24, 2.45) is 0 Å². The van der Waals surface area contributed by atoms with Gasteiger partial charge in [0.05, 0.1) is 21.3 Å². The van der Waals surface area contributed by atoms with Gasteiger partial charge in [-0.15, -0.1) is 0 Å². The highest BCUT2D eigenvalue weighted by Crippen LogP contribution is 2.34. The molecule has 0 atom stereocenters. The highest BCUT2D eigenvalue weighted by Gasteiger charge is 2.17. The smallest absolute Gasteiger partial charge is 0.193 e. The molecule has 0 bridgehead atoms. The molecule has 2 aromatic rings. The molecule has 0 radical (unpaired) electrons. The molecule has 0 aliphatic carbocycles. The Bertz CT molecular complexity index is 779. The van der Waals surface area contributed by atoms with Crippen molar-refractivity contribution >= 4 is 11.9 Å². The summed E-state index contributed by atoms with van der Waals surface area (Å²) in [6, 6.07) is 7.75. The number of benzene rings is 2. The number of methoxy groups -OCH3 is 3. The van der Waals surface area contributed by atoms with Gasteiger partial charge in [0.25, 0.3) is 0 Å². The average Bonchev–Trinajstić information content (AvgIpc) is 2.59. The Hall–Kier alpha value is -3.15. The average molecular weight is 330 g/mol. The van der Waals surface area contributed by atoms with Gasteiger partial charge < -0.3 is 24.4 Å². The number of allylic oxidation sites excluding steroid dienone is 1. The zero-order valence-corrected chi connectivity index (χ0v) is 13.6. The largest absolute Gasteiger partial charge is 0.507 e. The second kappa shape index (κ2) is 7.41. The second-order valence-corrected chi connectivity index (χ2v) is 4.82. The molecule has 0 fully saturated rings. The first-order valence-corrected chi connectivity index (χ1v) is 7.05. The molecular weight excluding hydrogens is 312 g/mol. The number of carbonyl (C=O) groups is 1. The third kappa shape index (κ3) is 3.43. The first kappa shape index (κ1) is 17.2. The fourth-order valence-corrected chi connectivity index (χ4v) is 2.19. The van der Waals surface area contributed by atoms with Crippen molar-refractivity contribution in [1.82, 2.24) is 0 Å². The summed E-state index contributed by atoms with van der Waals surface area (Å²) in [4.78, 5) is 12.4. The molecule has 0 saturated heterocycles. The molecule has 0 saturated carbocycles. The predicted octanol–water partition coefficient (Wildman–Crippen LogP) is 3.02. The van der Waals surface area contributed by atoms with Gasteiger partial charge in [0.2, 0.25) is 0 Å². The summed E-state index contributed by atoms with van der Waals surface area (Å²) in [7, 11) is 4.28. The molecule has 0 aliphatic heterocycles. The van der Waals surface area contributed by atoms with Crippen molar-refractivity contribution in [2.45, 2.75) is 0 Å². The summed E-state index contributed by atoms with van der Waals surface area (Å²) in [5.41, 5.74) is 0.423. The summed E-state index contributed by atoms with van der Waals surface area (Å²) in [6.07, 6.45) is 2.67. The lowest BCUT2D eigenvalue weighted by molar-refractivity contribution is 0.104. The number of ether oxygens (including phenoxy) is 3. The quantitative estimate of drug-likeness (QED) is 0.625. The molecule has 2 N–H and O–H groups in total. The molecule has 2 rings (SSSR count). The maximum atomic E-state index is 12.4. The number of aromatic hydroxyl groups is 2. The van der Waals surface area contributed by atoms with Gasteiger partial charge in [-0.2, -0.15) is 0 Å². The van der Waals surface area contributed by atoms with E-state index in [1.165, 1.54) is 45.6 Å². The van der Waals surface area contributed by atoms with Gasteiger partial charge in [-0.1, -0.05) is 12.1 Å². The molecule has 0 heterocycles. The van der Waals surface area contributed by atoms with E-state index in [1.807, 2.05) is 0 Å². The predicted molar refractivity (Wildman–Crippen MR) is 89.2 cm³/mol. The highest BCUT2D eigenvalue weighted by molar-refractivity contribution is 6.10. The molecule has 0 spiro atoms. The Kier molecular flexibility index (Phi) is 5.31. The third-order valence-corrected chi connectivity index (χ3v) is 3.42. The normalized spacial score (nSPS) is 10.6. The molecular formula is C18H18O6. The van der Waals surface area contributed by atoms with Gasteiger partial charge in [0.15, 0.2) is 17.3 Å². The molecule has 24 heavy (non-hydrogen) atoms. The third-order valence-electron chi connectivity index (χ3n) is 3.42. The van der Waals surface area contributed by atoms with Crippen LogP contribution in [-0.4, -0.2) is 37.3 Å². The van der Waals surface area contributed by atoms with E-state index in [4.69, 9.17) is 14.2 Å². The Morgan fingerprint density at radius 2 is 1.71 bits per heavy atom. The van der Waals surface area contributed by atoms with E-state index in [1.54, 1.807) is 18.2 Å². The van der Waals surface area contributed by atoms with Gasteiger partial charge in [-0.25, -0.2) is 0 Å². The van der Waals surface area contributed by atoms with Crippen LogP contribution in [0.15, 0.2) is 36.4 Å². The van der Waals surface area contributed by atoms with E-state index in [-0.39, 0.29) is 22.8 Å².